The van der Waals surface area contributed by atoms with Crippen molar-refractivity contribution in [1.29, 1.82) is 0 Å². The number of aromatic nitrogens is 1. The summed E-state index contributed by atoms with van der Waals surface area (Å²) >= 11 is 7.52. The molecule has 25 heavy (non-hydrogen) atoms. The van der Waals surface area contributed by atoms with E-state index in [2.05, 4.69) is 4.98 Å². The van der Waals surface area contributed by atoms with Crippen LogP contribution in [0.4, 0.5) is 0 Å². The lowest BCUT2D eigenvalue weighted by Crippen LogP contribution is -2.05. The zero-order chi connectivity index (χ0) is 17.2. The van der Waals surface area contributed by atoms with E-state index in [4.69, 9.17) is 25.8 Å². The fourth-order valence-electron chi connectivity index (χ4n) is 2.41. The van der Waals surface area contributed by atoms with Crippen molar-refractivity contribution in [2.45, 2.75) is 6.61 Å². The highest BCUT2D eigenvalue weighted by Gasteiger charge is 2.19. The maximum atomic E-state index is 12.2. The van der Waals surface area contributed by atoms with E-state index < -0.39 is 5.97 Å². The quantitative estimate of drug-likeness (QED) is 0.628. The van der Waals surface area contributed by atoms with Crippen LogP contribution in [0.1, 0.15) is 16.1 Å². The first kappa shape index (κ1) is 15.9. The number of benzene rings is 2. The van der Waals surface area contributed by atoms with E-state index >= 15 is 0 Å². The number of thiazole rings is 1. The van der Waals surface area contributed by atoms with Gasteiger partial charge in [0.2, 0.25) is 6.79 Å². The second-order valence-electron chi connectivity index (χ2n) is 5.29. The van der Waals surface area contributed by atoms with Crippen molar-refractivity contribution >= 4 is 28.9 Å². The molecule has 7 heteroatoms. The Hall–Kier alpha value is -2.57. The van der Waals surface area contributed by atoms with Crippen LogP contribution in [0.25, 0.3) is 10.6 Å². The maximum Gasteiger partial charge on any atom is 0.358 e. The number of fused-ring (bicyclic) bond motifs is 1. The van der Waals surface area contributed by atoms with Crippen molar-refractivity contribution in [3.05, 3.63) is 64.1 Å². The van der Waals surface area contributed by atoms with Crippen molar-refractivity contribution in [1.82, 2.24) is 4.98 Å². The van der Waals surface area contributed by atoms with Crippen LogP contribution in [0.5, 0.6) is 11.5 Å². The highest BCUT2D eigenvalue weighted by molar-refractivity contribution is 7.13. The van der Waals surface area contributed by atoms with Gasteiger partial charge >= 0.3 is 5.97 Å². The SMILES string of the molecule is O=C(OCc1cc(Cl)c2c(c1)OCO2)c1csc(-c2ccccc2)n1. The number of hydrogen-bond acceptors (Lipinski definition) is 6. The second kappa shape index (κ2) is 6.74. The Morgan fingerprint density at radius 3 is 2.92 bits per heavy atom. The number of carbonyl (C=O) groups excluding carboxylic acids is 1. The van der Waals surface area contributed by atoms with Crippen LogP contribution in [0.15, 0.2) is 47.8 Å². The summed E-state index contributed by atoms with van der Waals surface area (Å²) in [5.74, 6) is 0.592. The normalized spacial score (nSPS) is 12.2. The van der Waals surface area contributed by atoms with Gasteiger partial charge in [0.1, 0.15) is 11.6 Å². The van der Waals surface area contributed by atoms with Crippen molar-refractivity contribution in [2.75, 3.05) is 6.79 Å². The average Bonchev–Trinajstić information content (AvgIpc) is 3.30. The van der Waals surface area contributed by atoms with Gasteiger partial charge in [0.25, 0.3) is 0 Å². The van der Waals surface area contributed by atoms with Crippen molar-refractivity contribution in [3.63, 3.8) is 0 Å². The predicted octanol–water partition coefficient (Wildman–Crippen LogP) is 4.55. The molecule has 0 unspecified atom stereocenters. The molecule has 1 aliphatic rings. The van der Waals surface area contributed by atoms with Gasteiger partial charge in [-0.05, 0) is 17.7 Å². The summed E-state index contributed by atoms with van der Waals surface area (Å²) < 4.78 is 15.9. The number of nitrogens with zero attached hydrogens (tertiary/aromatic N) is 1. The lowest BCUT2D eigenvalue weighted by Gasteiger charge is -2.06. The van der Waals surface area contributed by atoms with Gasteiger partial charge < -0.3 is 14.2 Å². The van der Waals surface area contributed by atoms with E-state index in [9.17, 15) is 4.79 Å². The summed E-state index contributed by atoms with van der Waals surface area (Å²) in [6.45, 7) is 0.215. The van der Waals surface area contributed by atoms with Crippen molar-refractivity contribution in [3.8, 4) is 22.1 Å². The summed E-state index contributed by atoms with van der Waals surface area (Å²) in [6.07, 6.45) is 0. The molecule has 2 aromatic carbocycles. The minimum absolute atomic E-state index is 0.0768. The Bertz CT molecular complexity index is 926. The van der Waals surface area contributed by atoms with Crippen molar-refractivity contribution < 1.29 is 19.0 Å². The molecular weight excluding hydrogens is 362 g/mol. The third-order valence-corrected chi connectivity index (χ3v) is 4.76. The first-order chi connectivity index (χ1) is 12.2. The lowest BCUT2D eigenvalue weighted by atomic mass is 10.2. The lowest BCUT2D eigenvalue weighted by molar-refractivity contribution is 0.0466. The molecule has 1 aromatic heterocycles. The highest BCUT2D eigenvalue weighted by atomic mass is 35.5. The first-order valence-corrected chi connectivity index (χ1v) is 8.72. The molecule has 0 N–H and O–H groups in total. The molecule has 3 aromatic rings. The average molecular weight is 374 g/mol. The summed E-state index contributed by atoms with van der Waals surface area (Å²) in [7, 11) is 0. The molecule has 5 nitrogen and oxygen atoms in total. The van der Waals surface area contributed by atoms with Gasteiger partial charge in [0.15, 0.2) is 17.2 Å². The molecular formula is C18H12ClNO4S. The molecule has 0 spiro atoms. The van der Waals surface area contributed by atoms with Gasteiger partial charge in [0, 0.05) is 10.9 Å². The van der Waals surface area contributed by atoms with Gasteiger partial charge in [-0.1, -0.05) is 41.9 Å². The van der Waals surface area contributed by atoms with Crippen LogP contribution in [0, 0.1) is 0 Å². The monoisotopic (exact) mass is 373 g/mol. The molecule has 0 atom stereocenters. The molecule has 0 saturated heterocycles. The fraction of sp³-hybridized carbons (Fsp3) is 0.111. The predicted molar refractivity (Wildman–Crippen MR) is 94.2 cm³/mol. The van der Waals surface area contributed by atoms with E-state index in [0.29, 0.717) is 16.5 Å². The summed E-state index contributed by atoms with van der Waals surface area (Å²) in [5.41, 5.74) is 1.98. The topological polar surface area (TPSA) is 57.7 Å². The Labute approximate surface area is 152 Å². The van der Waals surface area contributed by atoms with Crippen LogP contribution < -0.4 is 9.47 Å². The summed E-state index contributed by atoms with van der Waals surface area (Å²) in [6, 6.07) is 13.1. The Balaban J connectivity index is 1.45. The van der Waals surface area contributed by atoms with Crippen LogP contribution in [0.3, 0.4) is 0 Å². The summed E-state index contributed by atoms with van der Waals surface area (Å²) in [4.78, 5) is 16.6. The van der Waals surface area contributed by atoms with E-state index in [-0.39, 0.29) is 19.1 Å². The Morgan fingerprint density at radius 2 is 2.08 bits per heavy atom. The third kappa shape index (κ3) is 3.31. The van der Waals surface area contributed by atoms with Gasteiger partial charge in [0.05, 0.1) is 5.02 Å². The number of esters is 1. The van der Waals surface area contributed by atoms with Crippen LogP contribution >= 0.6 is 22.9 Å². The number of rotatable bonds is 4. The smallest absolute Gasteiger partial charge is 0.358 e. The first-order valence-electron chi connectivity index (χ1n) is 7.47. The minimum atomic E-state index is -0.479. The molecule has 0 radical (unpaired) electrons. The van der Waals surface area contributed by atoms with Crippen LogP contribution in [-0.2, 0) is 11.3 Å². The molecule has 4 rings (SSSR count). The maximum absolute atomic E-state index is 12.2. The molecule has 0 bridgehead atoms. The largest absolute Gasteiger partial charge is 0.456 e. The van der Waals surface area contributed by atoms with E-state index in [1.807, 2.05) is 30.3 Å². The van der Waals surface area contributed by atoms with Crippen molar-refractivity contribution in [2.24, 2.45) is 0 Å². The van der Waals surface area contributed by atoms with Gasteiger partial charge in [-0.15, -0.1) is 11.3 Å². The van der Waals surface area contributed by atoms with Crippen LogP contribution in [-0.4, -0.2) is 17.7 Å². The zero-order valence-electron chi connectivity index (χ0n) is 12.9. The number of halogens is 1. The zero-order valence-corrected chi connectivity index (χ0v) is 14.5. The molecule has 1 aliphatic heterocycles. The molecule has 0 saturated carbocycles. The van der Waals surface area contributed by atoms with Gasteiger partial charge in [-0.3, -0.25) is 0 Å². The van der Waals surface area contributed by atoms with E-state index in [0.717, 1.165) is 16.1 Å². The van der Waals surface area contributed by atoms with E-state index in [1.54, 1.807) is 17.5 Å². The Morgan fingerprint density at radius 1 is 1.24 bits per heavy atom. The van der Waals surface area contributed by atoms with Gasteiger partial charge in [-0.25, -0.2) is 9.78 Å². The van der Waals surface area contributed by atoms with E-state index in [1.165, 1.54) is 11.3 Å². The minimum Gasteiger partial charge on any atom is -0.456 e. The third-order valence-electron chi connectivity index (χ3n) is 3.59. The Kier molecular flexibility index (Phi) is 4.29. The summed E-state index contributed by atoms with van der Waals surface area (Å²) in [5, 5.41) is 2.90. The second-order valence-corrected chi connectivity index (χ2v) is 6.56. The number of carbonyl (C=O) groups is 1. The molecule has 126 valence electrons. The molecule has 0 aliphatic carbocycles. The standard InChI is InChI=1S/C18H12ClNO4S/c19-13-6-11(7-15-16(13)24-10-23-15)8-22-18(21)14-9-25-17(20-14)12-4-2-1-3-5-12/h1-7,9H,8,10H2. The molecule has 0 fully saturated rings. The van der Waals surface area contributed by atoms with Crippen LogP contribution in [0.2, 0.25) is 5.02 Å². The number of hydrogen-bond donors (Lipinski definition) is 0. The van der Waals surface area contributed by atoms with Gasteiger partial charge in [-0.2, -0.15) is 0 Å². The molecule has 0 amide bonds. The molecule has 2 heterocycles. The highest BCUT2D eigenvalue weighted by Crippen LogP contribution is 2.40. The fourth-order valence-corrected chi connectivity index (χ4v) is 3.49. The number of ether oxygens (including phenoxy) is 3.